The third-order valence-electron chi connectivity index (χ3n) is 4.89. The van der Waals surface area contributed by atoms with E-state index >= 15 is 0 Å². The van der Waals surface area contributed by atoms with Crippen molar-refractivity contribution in [2.24, 2.45) is 11.1 Å². The molecule has 2 aromatic rings. The molecule has 1 aliphatic rings. The molecule has 132 valence electrons. The molecular formula is C20H25N3O2. The molecule has 0 radical (unpaired) electrons. The van der Waals surface area contributed by atoms with Crippen LogP contribution in [0.5, 0.6) is 11.5 Å². The number of pyridine rings is 1. The lowest BCUT2D eigenvalue weighted by molar-refractivity contribution is -0.118. The van der Waals surface area contributed by atoms with Gasteiger partial charge in [0.15, 0.2) is 0 Å². The Bertz CT molecular complexity index is 697. The first-order valence-corrected chi connectivity index (χ1v) is 8.87. The molecule has 1 aromatic carbocycles. The van der Waals surface area contributed by atoms with Crippen LogP contribution in [0.2, 0.25) is 0 Å². The van der Waals surface area contributed by atoms with Crippen LogP contribution in [0.1, 0.15) is 38.5 Å². The summed E-state index contributed by atoms with van der Waals surface area (Å²) in [5.41, 5.74) is 6.69. The molecule has 1 amide bonds. The Morgan fingerprint density at radius 3 is 2.60 bits per heavy atom. The summed E-state index contributed by atoms with van der Waals surface area (Å²) in [6, 6.07) is 11.0. The molecule has 25 heavy (non-hydrogen) atoms. The second kappa shape index (κ2) is 8.12. The Morgan fingerprint density at radius 2 is 1.88 bits per heavy atom. The molecule has 5 nitrogen and oxygen atoms in total. The van der Waals surface area contributed by atoms with Crippen LogP contribution < -0.4 is 15.8 Å². The van der Waals surface area contributed by atoms with E-state index in [2.05, 4.69) is 10.3 Å². The number of ether oxygens (including phenoxy) is 1. The third kappa shape index (κ3) is 4.79. The number of aromatic nitrogens is 1. The Hall–Kier alpha value is -2.40. The average Bonchev–Trinajstić information content (AvgIpc) is 2.63. The van der Waals surface area contributed by atoms with E-state index in [9.17, 15) is 4.79 Å². The summed E-state index contributed by atoms with van der Waals surface area (Å²) in [4.78, 5) is 16.5. The number of carbonyl (C=O) groups is 1. The average molecular weight is 339 g/mol. The summed E-state index contributed by atoms with van der Waals surface area (Å²) in [6.07, 6.45) is 9.51. The van der Waals surface area contributed by atoms with Crippen molar-refractivity contribution in [2.75, 3.05) is 11.9 Å². The maximum Gasteiger partial charge on any atom is 0.224 e. The smallest absolute Gasteiger partial charge is 0.224 e. The maximum absolute atomic E-state index is 12.5. The number of nitrogens with one attached hydrogen (secondary N) is 1. The van der Waals surface area contributed by atoms with Crippen LogP contribution in [0.25, 0.3) is 0 Å². The lowest BCUT2D eigenvalue weighted by atomic mass is 9.71. The summed E-state index contributed by atoms with van der Waals surface area (Å²) in [5, 5.41) is 2.99. The molecule has 3 rings (SSSR count). The van der Waals surface area contributed by atoms with Crippen molar-refractivity contribution in [1.82, 2.24) is 4.98 Å². The van der Waals surface area contributed by atoms with Gasteiger partial charge in [-0.3, -0.25) is 9.78 Å². The van der Waals surface area contributed by atoms with Gasteiger partial charge in [-0.1, -0.05) is 25.3 Å². The van der Waals surface area contributed by atoms with Crippen molar-refractivity contribution in [3.63, 3.8) is 0 Å². The summed E-state index contributed by atoms with van der Waals surface area (Å²) < 4.78 is 5.78. The molecule has 1 fully saturated rings. The third-order valence-corrected chi connectivity index (χ3v) is 4.89. The number of amides is 1. The van der Waals surface area contributed by atoms with Crippen molar-refractivity contribution >= 4 is 11.6 Å². The molecule has 0 atom stereocenters. The van der Waals surface area contributed by atoms with E-state index in [4.69, 9.17) is 10.5 Å². The van der Waals surface area contributed by atoms with Crippen molar-refractivity contribution in [2.45, 2.75) is 38.5 Å². The van der Waals surface area contributed by atoms with Crippen LogP contribution in [0.3, 0.4) is 0 Å². The molecule has 1 aromatic heterocycles. The zero-order valence-corrected chi connectivity index (χ0v) is 14.4. The Labute approximate surface area is 148 Å². The quantitative estimate of drug-likeness (QED) is 0.830. The summed E-state index contributed by atoms with van der Waals surface area (Å²) in [7, 11) is 0. The topological polar surface area (TPSA) is 77.2 Å². The van der Waals surface area contributed by atoms with E-state index in [1.165, 1.54) is 19.3 Å². The molecule has 1 aliphatic carbocycles. The van der Waals surface area contributed by atoms with Gasteiger partial charge in [0, 0.05) is 30.6 Å². The fourth-order valence-electron chi connectivity index (χ4n) is 3.48. The van der Waals surface area contributed by atoms with Gasteiger partial charge in [0.05, 0.1) is 0 Å². The fraction of sp³-hybridized carbons (Fsp3) is 0.400. The van der Waals surface area contributed by atoms with Gasteiger partial charge in [-0.05, 0) is 49.1 Å². The zero-order valence-electron chi connectivity index (χ0n) is 14.4. The van der Waals surface area contributed by atoms with Gasteiger partial charge in [-0.15, -0.1) is 0 Å². The fourth-order valence-corrected chi connectivity index (χ4v) is 3.48. The van der Waals surface area contributed by atoms with E-state index in [-0.39, 0.29) is 11.3 Å². The molecule has 0 saturated heterocycles. The predicted octanol–water partition coefficient (Wildman–Crippen LogP) is 4.11. The first-order valence-electron chi connectivity index (χ1n) is 8.87. The van der Waals surface area contributed by atoms with E-state index in [0.717, 1.165) is 18.5 Å². The largest absolute Gasteiger partial charge is 0.457 e. The van der Waals surface area contributed by atoms with Gasteiger partial charge in [0.25, 0.3) is 0 Å². The molecule has 0 aliphatic heterocycles. The molecule has 0 spiro atoms. The molecule has 3 N–H and O–H groups in total. The van der Waals surface area contributed by atoms with Gasteiger partial charge in [0.1, 0.15) is 11.5 Å². The highest BCUT2D eigenvalue weighted by molar-refractivity contribution is 5.91. The van der Waals surface area contributed by atoms with Crippen LogP contribution in [0.15, 0.2) is 48.8 Å². The number of carbonyl (C=O) groups excluding carboxylic acids is 1. The van der Waals surface area contributed by atoms with Gasteiger partial charge in [-0.25, -0.2) is 0 Å². The van der Waals surface area contributed by atoms with Gasteiger partial charge in [0.2, 0.25) is 5.91 Å². The number of benzene rings is 1. The minimum atomic E-state index is -0.0342. The van der Waals surface area contributed by atoms with Crippen molar-refractivity contribution < 1.29 is 9.53 Å². The number of nitrogens with two attached hydrogens (primary N) is 1. The van der Waals surface area contributed by atoms with Crippen LogP contribution >= 0.6 is 0 Å². The lowest BCUT2D eigenvalue weighted by Crippen LogP contribution is -2.36. The van der Waals surface area contributed by atoms with E-state index in [0.29, 0.717) is 24.5 Å². The van der Waals surface area contributed by atoms with Gasteiger partial charge < -0.3 is 15.8 Å². The highest BCUT2D eigenvalue weighted by Gasteiger charge is 2.32. The maximum atomic E-state index is 12.5. The number of hydrogen-bond acceptors (Lipinski definition) is 4. The monoisotopic (exact) mass is 339 g/mol. The summed E-state index contributed by atoms with van der Waals surface area (Å²) >= 11 is 0. The Kier molecular flexibility index (Phi) is 5.66. The van der Waals surface area contributed by atoms with Crippen molar-refractivity contribution in [1.29, 1.82) is 0 Å². The molecule has 0 unspecified atom stereocenters. The van der Waals surface area contributed by atoms with Crippen molar-refractivity contribution in [3.05, 3.63) is 48.8 Å². The molecule has 1 saturated carbocycles. The standard InChI is InChI=1S/C20H25N3O2/c21-15-20(9-2-1-3-10-20)14-19(24)23-16-5-4-6-18(13-16)25-17-7-11-22-12-8-17/h4-8,11-13H,1-3,9-10,14-15,21H2,(H,23,24). The van der Waals surface area contributed by atoms with Crippen LogP contribution in [0, 0.1) is 5.41 Å². The highest BCUT2D eigenvalue weighted by atomic mass is 16.5. The second-order valence-electron chi connectivity index (χ2n) is 6.80. The summed E-state index contributed by atoms with van der Waals surface area (Å²) in [5.74, 6) is 1.41. The number of hydrogen-bond donors (Lipinski definition) is 2. The number of rotatable bonds is 6. The van der Waals surface area contributed by atoms with E-state index in [1.54, 1.807) is 24.5 Å². The molecule has 0 bridgehead atoms. The van der Waals surface area contributed by atoms with Crippen molar-refractivity contribution in [3.8, 4) is 11.5 Å². The second-order valence-corrected chi connectivity index (χ2v) is 6.80. The van der Waals surface area contributed by atoms with Gasteiger partial charge in [-0.2, -0.15) is 0 Å². The molecule has 1 heterocycles. The zero-order chi connectivity index (χ0) is 17.5. The van der Waals surface area contributed by atoms with E-state index < -0.39 is 0 Å². The van der Waals surface area contributed by atoms with Gasteiger partial charge >= 0.3 is 0 Å². The molecular weight excluding hydrogens is 314 g/mol. The lowest BCUT2D eigenvalue weighted by Gasteiger charge is -2.35. The SMILES string of the molecule is NCC1(CC(=O)Nc2cccc(Oc3ccncc3)c2)CCCCC1. The molecule has 5 heteroatoms. The summed E-state index contributed by atoms with van der Waals surface area (Å²) in [6.45, 7) is 0.575. The van der Waals surface area contributed by atoms with E-state index in [1.807, 2.05) is 24.3 Å². The minimum absolute atomic E-state index is 0.0217. The normalized spacial score (nSPS) is 16.2. The van der Waals surface area contributed by atoms with Crippen LogP contribution in [-0.2, 0) is 4.79 Å². The first kappa shape index (κ1) is 17.4. The van der Waals surface area contributed by atoms with Crippen LogP contribution in [0.4, 0.5) is 5.69 Å². The minimum Gasteiger partial charge on any atom is -0.457 e. The number of anilines is 1. The highest BCUT2D eigenvalue weighted by Crippen LogP contribution is 2.38. The Morgan fingerprint density at radius 1 is 1.12 bits per heavy atom. The Balaban J connectivity index is 1.62. The van der Waals surface area contributed by atoms with Crippen LogP contribution in [-0.4, -0.2) is 17.4 Å². The number of nitrogens with zero attached hydrogens (tertiary/aromatic N) is 1. The predicted molar refractivity (Wildman–Crippen MR) is 98.6 cm³/mol. The first-order chi connectivity index (χ1) is 12.2.